The summed E-state index contributed by atoms with van der Waals surface area (Å²) in [5.74, 6) is -0.101. The van der Waals surface area contributed by atoms with Gasteiger partial charge in [-0.05, 0) is 48.8 Å². The number of ether oxygens (including phenoxy) is 1. The van der Waals surface area contributed by atoms with Crippen LogP contribution in [0.4, 0.5) is 5.69 Å². The van der Waals surface area contributed by atoms with Gasteiger partial charge in [0.25, 0.3) is 5.91 Å². The molecule has 2 fully saturated rings. The van der Waals surface area contributed by atoms with E-state index in [9.17, 15) is 4.79 Å². The maximum atomic E-state index is 12.3. The first kappa shape index (κ1) is 16.0. The van der Waals surface area contributed by atoms with Crippen molar-refractivity contribution >= 4 is 35.0 Å². The van der Waals surface area contributed by atoms with Gasteiger partial charge in [-0.1, -0.05) is 12.1 Å². The van der Waals surface area contributed by atoms with Crippen molar-refractivity contribution in [3.05, 3.63) is 35.5 Å². The molecular weight excluding hydrogens is 310 g/mol. The lowest BCUT2D eigenvalue weighted by atomic mass is 10.1. The second-order valence-corrected chi connectivity index (χ2v) is 6.11. The van der Waals surface area contributed by atoms with Gasteiger partial charge in [-0.3, -0.25) is 9.69 Å². The van der Waals surface area contributed by atoms with E-state index < -0.39 is 0 Å². The number of nitrogens with zero attached hydrogens (tertiary/aromatic N) is 2. The Hall–Kier alpha value is -1.92. The lowest BCUT2D eigenvalue weighted by molar-refractivity contribution is -0.122. The summed E-state index contributed by atoms with van der Waals surface area (Å²) in [6.45, 7) is 3.18. The Kier molecular flexibility index (Phi) is 4.93. The molecule has 0 radical (unpaired) electrons. The highest BCUT2D eigenvalue weighted by Crippen LogP contribution is 2.22. The smallest absolute Gasteiger partial charge is 0.276 e. The molecule has 3 rings (SSSR count). The number of hydrogen-bond acceptors (Lipinski definition) is 4. The van der Waals surface area contributed by atoms with E-state index in [0.717, 1.165) is 18.7 Å². The van der Waals surface area contributed by atoms with Crippen LogP contribution in [-0.4, -0.2) is 49.3 Å². The van der Waals surface area contributed by atoms with Crippen LogP contribution < -0.4 is 10.2 Å². The van der Waals surface area contributed by atoms with E-state index in [1.165, 1.54) is 23.4 Å². The van der Waals surface area contributed by atoms with E-state index in [1.54, 1.807) is 7.11 Å². The number of carbonyl (C=O) groups excluding carboxylic acids is 1. The van der Waals surface area contributed by atoms with E-state index in [4.69, 9.17) is 17.0 Å². The highest BCUT2D eigenvalue weighted by Gasteiger charge is 2.30. The summed E-state index contributed by atoms with van der Waals surface area (Å²) in [5.41, 5.74) is 2.74. The van der Waals surface area contributed by atoms with E-state index in [0.29, 0.717) is 24.0 Å². The summed E-state index contributed by atoms with van der Waals surface area (Å²) in [6, 6.07) is 8.29. The minimum Gasteiger partial charge on any atom is -0.383 e. The minimum absolute atomic E-state index is 0.101. The predicted molar refractivity (Wildman–Crippen MR) is 95.2 cm³/mol. The van der Waals surface area contributed by atoms with Crippen LogP contribution in [0.25, 0.3) is 6.08 Å². The van der Waals surface area contributed by atoms with Gasteiger partial charge in [-0.25, -0.2) is 0 Å². The average molecular weight is 331 g/mol. The lowest BCUT2D eigenvalue weighted by Gasteiger charge is -2.17. The summed E-state index contributed by atoms with van der Waals surface area (Å²) in [6.07, 6.45) is 4.37. The molecule has 6 heteroatoms. The number of thiocarbonyl (C=S) groups is 1. The molecule has 1 N–H and O–H groups in total. The zero-order chi connectivity index (χ0) is 16.2. The van der Waals surface area contributed by atoms with Crippen LogP contribution >= 0.6 is 12.2 Å². The van der Waals surface area contributed by atoms with Gasteiger partial charge in [0.1, 0.15) is 5.70 Å². The Morgan fingerprint density at radius 1 is 1.26 bits per heavy atom. The first-order chi connectivity index (χ1) is 11.2. The van der Waals surface area contributed by atoms with E-state index >= 15 is 0 Å². The lowest BCUT2D eigenvalue weighted by Crippen LogP contribution is -2.33. The Balaban J connectivity index is 1.71. The van der Waals surface area contributed by atoms with Crippen molar-refractivity contribution < 1.29 is 9.53 Å². The first-order valence-corrected chi connectivity index (χ1v) is 8.28. The normalized spacial score (nSPS) is 19.8. The zero-order valence-electron chi connectivity index (χ0n) is 13.2. The summed E-state index contributed by atoms with van der Waals surface area (Å²) < 4.78 is 5.01. The van der Waals surface area contributed by atoms with Gasteiger partial charge >= 0.3 is 0 Å². The van der Waals surface area contributed by atoms with Gasteiger partial charge in [0, 0.05) is 25.9 Å². The molecule has 0 saturated carbocycles. The van der Waals surface area contributed by atoms with Crippen LogP contribution in [-0.2, 0) is 9.53 Å². The van der Waals surface area contributed by atoms with Gasteiger partial charge in [0.15, 0.2) is 5.11 Å². The molecule has 2 saturated heterocycles. The predicted octanol–water partition coefficient (Wildman–Crippen LogP) is 1.99. The van der Waals surface area contributed by atoms with Gasteiger partial charge in [-0.2, -0.15) is 0 Å². The number of hydrogen-bond donors (Lipinski definition) is 1. The monoisotopic (exact) mass is 331 g/mol. The maximum Gasteiger partial charge on any atom is 0.276 e. The molecule has 23 heavy (non-hydrogen) atoms. The molecular formula is C17H21N3O2S. The zero-order valence-corrected chi connectivity index (χ0v) is 14.1. The van der Waals surface area contributed by atoms with Crippen LogP contribution in [0.15, 0.2) is 30.0 Å². The number of amides is 1. The average Bonchev–Trinajstić information content (AvgIpc) is 3.17. The number of anilines is 1. The third-order valence-corrected chi connectivity index (χ3v) is 4.48. The Morgan fingerprint density at radius 3 is 2.61 bits per heavy atom. The first-order valence-electron chi connectivity index (χ1n) is 7.87. The summed E-state index contributed by atoms with van der Waals surface area (Å²) in [7, 11) is 1.61. The molecule has 1 amide bonds. The largest absolute Gasteiger partial charge is 0.383 e. The molecule has 2 aliphatic rings. The van der Waals surface area contributed by atoms with Crippen molar-refractivity contribution in [2.45, 2.75) is 12.8 Å². The number of rotatable bonds is 5. The molecule has 0 aliphatic carbocycles. The van der Waals surface area contributed by atoms with E-state index in [-0.39, 0.29) is 5.91 Å². The molecule has 2 heterocycles. The molecule has 0 bridgehead atoms. The molecule has 1 aromatic carbocycles. The van der Waals surface area contributed by atoms with Gasteiger partial charge in [-0.15, -0.1) is 0 Å². The van der Waals surface area contributed by atoms with Crippen molar-refractivity contribution in [1.82, 2.24) is 10.2 Å². The molecule has 2 aliphatic heterocycles. The Bertz CT molecular complexity index is 621. The second kappa shape index (κ2) is 7.10. The van der Waals surface area contributed by atoms with Crippen LogP contribution in [0.2, 0.25) is 0 Å². The molecule has 5 nitrogen and oxygen atoms in total. The highest BCUT2D eigenvalue weighted by molar-refractivity contribution is 7.80. The molecule has 1 aromatic rings. The molecule has 122 valence electrons. The van der Waals surface area contributed by atoms with Crippen molar-refractivity contribution in [1.29, 1.82) is 0 Å². The minimum atomic E-state index is -0.101. The van der Waals surface area contributed by atoms with Crippen molar-refractivity contribution in [2.24, 2.45) is 0 Å². The summed E-state index contributed by atoms with van der Waals surface area (Å²) in [5, 5.41) is 3.42. The summed E-state index contributed by atoms with van der Waals surface area (Å²) >= 11 is 5.21. The Morgan fingerprint density at radius 2 is 1.96 bits per heavy atom. The number of carbonyl (C=O) groups is 1. The fourth-order valence-corrected chi connectivity index (χ4v) is 3.16. The Labute approximate surface area is 141 Å². The quantitative estimate of drug-likeness (QED) is 0.660. The van der Waals surface area contributed by atoms with Crippen LogP contribution in [0.3, 0.4) is 0 Å². The third kappa shape index (κ3) is 3.54. The SMILES string of the molecule is COCCN1C(=O)/C(=C\c2ccc(N3CCCC3)cc2)NC1=S. The van der Waals surface area contributed by atoms with E-state index in [2.05, 4.69) is 22.3 Å². The summed E-state index contributed by atoms with van der Waals surface area (Å²) in [4.78, 5) is 16.3. The number of nitrogens with one attached hydrogen (secondary N) is 1. The standard InChI is InChI=1S/C17H21N3O2S/c1-22-11-10-20-16(21)15(18-17(20)23)12-13-4-6-14(7-5-13)19-8-2-3-9-19/h4-7,12H,2-3,8-11H2,1H3,(H,18,23)/b15-12+. The van der Waals surface area contributed by atoms with Crippen molar-refractivity contribution in [3.63, 3.8) is 0 Å². The van der Waals surface area contributed by atoms with Crippen molar-refractivity contribution in [3.8, 4) is 0 Å². The fraction of sp³-hybridized carbons (Fsp3) is 0.412. The fourth-order valence-electron chi connectivity index (χ4n) is 2.88. The molecule has 0 aromatic heterocycles. The van der Waals surface area contributed by atoms with Crippen molar-refractivity contribution in [2.75, 3.05) is 38.3 Å². The van der Waals surface area contributed by atoms with E-state index in [1.807, 2.05) is 18.2 Å². The second-order valence-electron chi connectivity index (χ2n) is 5.72. The van der Waals surface area contributed by atoms with Gasteiger partial charge < -0.3 is 15.0 Å². The van der Waals surface area contributed by atoms with Gasteiger partial charge in [0.2, 0.25) is 0 Å². The number of benzene rings is 1. The highest BCUT2D eigenvalue weighted by atomic mass is 32.1. The van der Waals surface area contributed by atoms with Crippen LogP contribution in [0.1, 0.15) is 18.4 Å². The van der Waals surface area contributed by atoms with Crippen LogP contribution in [0.5, 0.6) is 0 Å². The van der Waals surface area contributed by atoms with Crippen LogP contribution in [0, 0.1) is 0 Å². The molecule has 0 spiro atoms. The number of methoxy groups -OCH3 is 1. The van der Waals surface area contributed by atoms with Gasteiger partial charge in [0.05, 0.1) is 13.2 Å². The molecule has 0 unspecified atom stereocenters. The third-order valence-electron chi connectivity index (χ3n) is 4.16. The topological polar surface area (TPSA) is 44.8 Å². The maximum absolute atomic E-state index is 12.3. The molecule has 0 atom stereocenters.